The monoisotopic (exact) mass is 309 g/mol. The molecule has 0 saturated carbocycles. The van der Waals surface area contributed by atoms with Crippen LogP contribution >= 0.6 is 34.5 Å². The molecular weight excluding hydrogens is 293 g/mol. The maximum Gasteiger partial charge on any atom is 0.253 e. The summed E-state index contributed by atoms with van der Waals surface area (Å²) in [5.41, 5.74) is 0.364. The molecule has 3 nitrogen and oxygen atoms in total. The first-order valence-electron chi connectivity index (χ1n) is 5.90. The minimum atomic E-state index is -0.531. The molecule has 6 heteroatoms. The Balaban J connectivity index is 2.53. The molecule has 0 radical (unpaired) electrons. The largest absolute Gasteiger partial charge is 0.391 e. The average molecular weight is 310 g/mol. The van der Waals surface area contributed by atoms with E-state index in [9.17, 15) is 9.90 Å². The van der Waals surface area contributed by atoms with Gasteiger partial charge in [-0.05, 0) is 12.0 Å². The summed E-state index contributed by atoms with van der Waals surface area (Å²) in [6.07, 6.45) is 1.24. The summed E-state index contributed by atoms with van der Waals surface area (Å²) < 4.78 is 0.847. The molecule has 18 heavy (non-hydrogen) atoms. The second-order valence-electron chi connectivity index (χ2n) is 4.09. The smallest absolute Gasteiger partial charge is 0.253 e. The van der Waals surface area contributed by atoms with Gasteiger partial charge in [-0.2, -0.15) is 0 Å². The van der Waals surface area contributed by atoms with Crippen LogP contribution in [-0.2, 0) is 0 Å². The third kappa shape index (κ3) is 4.12. The Morgan fingerprint density at radius 3 is 2.50 bits per heavy atom. The standard InChI is InChI=1S/C12H17Cl2NO2S/c1-3-7(4-2)9(16)6-15-12(17)8-5-10(13)18-11(8)14/h5,7,9,16H,3-4,6H2,1-2H3,(H,15,17). The average Bonchev–Trinajstić information content (AvgIpc) is 2.67. The van der Waals surface area contributed by atoms with Crippen LogP contribution in [0.2, 0.25) is 8.67 Å². The van der Waals surface area contributed by atoms with Gasteiger partial charge in [0.1, 0.15) is 4.34 Å². The highest BCUT2D eigenvalue weighted by atomic mass is 35.5. The Kier molecular flexibility index (Phi) is 6.43. The molecule has 0 saturated heterocycles. The van der Waals surface area contributed by atoms with Crippen molar-refractivity contribution in [2.45, 2.75) is 32.8 Å². The molecule has 0 fully saturated rings. The number of hydrogen-bond acceptors (Lipinski definition) is 3. The van der Waals surface area contributed by atoms with Gasteiger partial charge in [-0.15, -0.1) is 11.3 Å². The molecule has 1 rings (SSSR count). The van der Waals surface area contributed by atoms with Crippen LogP contribution in [0.5, 0.6) is 0 Å². The van der Waals surface area contributed by atoms with E-state index in [2.05, 4.69) is 5.32 Å². The lowest BCUT2D eigenvalue weighted by molar-refractivity contribution is 0.0817. The van der Waals surface area contributed by atoms with Crippen LogP contribution in [0.25, 0.3) is 0 Å². The zero-order valence-corrected chi connectivity index (χ0v) is 12.7. The number of aliphatic hydroxyl groups excluding tert-OH is 1. The number of carbonyl (C=O) groups excluding carboxylic acids is 1. The summed E-state index contributed by atoms with van der Waals surface area (Å²) in [4.78, 5) is 11.8. The normalized spacial score (nSPS) is 12.8. The van der Waals surface area contributed by atoms with E-state index in [0.29, 0.717) is 14.2 Å². The number of carbonyl (C=O) groups is 1. The van der Waals surface area contributed by atoms with Crippen molar-refractivity contribution in [2.24, 2.45) is 5.92 Å². The predicted molar refractivity (Wildman–Crippen MR) is 76.8 cm³/mol. The zero-order chi connectivity index (χ0) is 13.7. The number of hydrogen-bond donors (Lipinski definition) is 2. The van der Waals surface area contributed by atoms with Gasteiger partial charge in [0.25, 0.3) is 5.91 Å². The molecule has 0 aromatic carbocycles. The van der Waals surface area contributed by atoms with E-state index in [4.69, 9.17) is 23.2 Å². The van der Waals surface area contributed by atoms with Crippen LogP contribution in [0, 0.1) is 5.92 Å². The Morgan fingerprint density at radius 2 is 2.06 bits per heavy atom. The highest BCUT2D eigenvalue weighted by Gasteiger charge is 2.18. The molecule has 2 N–H and O–H groups in total. The third-order valence-electron chi connectivity index (χ3n) is 2.97. The number of amides is 1. The van der Waals surface area contributed by atoms with Crippen molar-refractivity contribution in [3.05, 3.63) is 20.3 Å². The van der Waals surface area contributed by atoms with Gasteiger partial charge in [-0.3, -0.25) is 4.79 Å². The summed E-state index contributed by atoms with van der Waals surface area (Å²) >= 11 is 12.8. The fourth-order valence-electron chi connectivity index (χ4n) is 1.79. The minimum Gasteiger partial charge on any atom is -0.391 e. The lowest BCUT2D eigenvalue weighted by Crippen LogP contribution is -2.36. The van der Waals surface area contributed by atoms with Crippen LogP contribution in [0.4, 0.5) is 0 Å². The molecule has 0 aliphatic rings. The first-order chi connectivity index (χ1) is 8.49. The van der Waals surface area contributed by atoms with Crippen molar-refractivity contribution < 1.29 is 9.90 Å². The van der Waals surface area contributed by atoms with Gasteiger partial charge < -0.3 is 10.4 Å². The summed E-state index contributed by atoms with van der Waals surface area (Å²) in [5, 5.41) is 12.6. The van der Waals surface area contributed by atoms with Crippen molar-refractivity contribution in [3.8, 4) is 0 Å². The Bertz CT molecular complexity index is 405. The maximum absolute atomic E-state index is 11.8. The first kappa shape index (κ1) is 15.8. The van der Waals surface area contributed by atoms with E-state index in [1.54, 1.807) is 0 Å². The van der Waals surface area contributed by atoms with E-state index in [-0.39, 0.29) is 18.4 Å². The van der Waals surface area contributed by atoms with E-state index < -0.39 is 6.10 Å². The molecule has 0 aliphatic heterocycles. The van der Waals surface area contributed by atoms with E-state index in [1.807, 2.05) is 13.8 Å². The molecule has 1 atom stereocenters. The Morgan fingerprint density at radius 1 is 1.44 bits per heavy atom. The zero-order valence-electron chi connectivity index (χ0n) is 10.4. The van der Waals surface area contributed by atoms with E-state index >= 15 is 0 Å². The van der Waals surface area contributed by atoms with Crippen LogP contribution in [-0.4, -0.2) is 23.7 Å². The quantitative estimate of drug-likeness (QED) is 0.844. The molecule has 1 aromatic heterocycles. The van der Waals surface area contributed by atoms with Gasteiger partial charge in [-0.25, -0.2) is 0 Å². The second kappa shape index (κ2) is 7.34. The number of thiophene rings is 1. The second-order valence-corrected chi connectivity index (χ2v) is 6.38. The summed E-state index contributed by atoms with van der Waals surface area (Å²) in [7, 11) is 0. The summed E-state index contributed by atoms with van der Waals surface area (Å²) in [5.74, 6) is -0.0972. The van der Waals surface area contributed by atoms with E-state index in [1.165, 1.54) is 6.07 Å². The fourth-order valence-corrected chi connectivity index (χ4v) is 3.25. The van der Waals surface area contributed by atoms with Crippen molar-refractivity contribution in [3.63, 3.8) is 0 Å². The molecule has 0 bridgehead atoms. The molecular formula is C12H17Cl2NO2S. The van der Waals surface area contributed by atoms with Gasteiger partial charge in [-0.1, -0.05) is 49.9 Å². The van der Waals surface area contributed by atoms with Gasteiger partial charge in [0.2, 0.25) is 0 Å². The number of aliphatic hydroxyl groups is 1. The number of nitrogens with one attached hydrogen (secondary N) is 1. The first-order valence-corrected chi connectivity index (χ1v) is 7.47. The predicted octanol–water partition coefficient (Wildman–Crippen LogP) is 3.58. The van der Waals surface area contributed by atoms with Gasteiger partial charge >= 0.3 is 0 Å². The molecule has 102 valence electrons. The number of halogens is 2. The fraction of sp³-hybridized carbons (Fsp3) is 0.583. The van der Waals surface area contributed by atoms with Crippen LogP contribution < -0.4 is 5.32 Å². The molecule has 0 aliphatic carbocycles. The highest BCUT2D eigenvalue weighted by Crippen LogP contribution is 2.30. The molecule has 0 spiro atoms. The number of rotatable bonds is 6. The van der Waals surface area contributed by atoms with Gasteiger partial charge in [0.15, 0.2) is 0 Å². The van der Waals surface area contributed by atoms with Crippen molar-refractivity contribution in [1.82, 2.24) is 5.32 Å². The van der Waals surface area contributed by atoms with E-state index in [0.717, 1.165) is 24.2 Å². The lowest BCUT2D eigenvalue weighted by Gasteiger charge is -2.20. The van der Waals surface area contributed by atoms with Crippen molar-refractivity contribution in [1.29, 1.82) is 0 Å². The van der Waals surface area contributed by atoms with Crippen LogP contribution in [0.3, 0.4) is 0 Å². The van der Waals surface area contributed by atoms with Crippen molar-refractivity contribution in [2.75, 3.05) is 6.54 Å². The Hall–Kier alpha value is -0.290. The SMILES string of the molecule is CCC(CC)C(O)CNC(=O)c1cc(Cl)sc1Cl. The van der Waals surface area contributed by atoms with Crippen molar-refractivity contribution >= 4 is 40.4 Å². The molecule has 1 aromatic rings. The summed E-state index contributed by atoms with van der Waals surface area (Å²) in [6, 6.07) is 1.54. The highest BCUT2D eigenvalue weighted by molar-refractivity contribution is 7.20. The minimum absolute atomic E-state index is 0.201. The maximum atomic E-state index is 11.8. The molecule has 1 heterocycles. The lowest BCUT2D eigenvalue weighted by atomic mass is 9.96. The van der Waals surface area contributed by atoms with Crippen LogP contribution in [0.15, 0.2) is 6.07 Å². The summed E-state index contributed by atoms with van der Waals surface area (Å²) in [6.45, 7) is 4.28. The van der Waals surface area contributed by atoms with Gasteiger partial charge in [0.05, 0.1) is 16.0 Å². The van der Waals surface area contributed by atoms with Crippen LogP contribution in [0.1, 0.15) is 37.0 Å². The molecule has 1 amide bonds. The molecule has 1 unspecified atom stereocenters. The topological polar surface area (TPSA) is 49.3 Å². The van der Waals surface area contributed by atoms with Gasteiger partial charge in [0, 0.05) is 6.54 Å². The third-order valence-corrected chi connectivity index (χ3v) is 4.45. The Labute approximate surface area is 121 Å².